The van der Waals surface area contributed by atoms with Crippen molar-refractivity contribution >= 4 is 23.1 Å². The zero-order valence-corrected chi connectivity index (χ0v) is 18.3. The average molecular weight is 429 g/mol. The highest BCUT2D eigenvalue weighted by molar-refractivity contribution is 5.66. The molecule has 0 saturated heterocycles. The highest BCUT2D eigenvalue weighted by Gasteiger charge is 2.22. The summed E-state index contributed by atoms with van der Waals surface area (Å²) in [5.74, 6) is 5.93. The van der Waals surface area contributed by atoms with Crippen molar-refractivity contribution in [2.75, 3.05) is 17.2 Å². The molecule has 0 bridgehead atoms. The molecule has 2 unspecified atom stereocenters. The summed E-state index contributed by atoms with van der Waals surface area (Å²) in [6.45, 7) is 4.56. The molecular formula is C26H28N4O2. The van der Waals surface area contributed by atoms with Crippen LogP contribution in [0.3, 0.4) is 0 Å². The Morgan fingerprint density at radius 3 is 2.84 bits per heavy atom. The Balaban J connectivity index is 1.39. The molecular weight excluding hydrogens is 400 g/mol. The number of aliphatic hydroxyl groups excluding tert-OH is 2. The van der Waals surface area contributed by atoms with Gasteiger partial charge >= 0.3 is 0 Å². The average Bonchev–Trinajstić information content (AvgIpc) is 3.04. The number of rotatable bonds is 8. The molecule has 0 spiro atoms. The number of nitrogens with one attached hydrogen (secondary N) is 3. The molecule has 6 nitrogen and oxygen atoms in total. The van der Waals surface area contributed by atoms with Crippen molar-refractivity contribution in [2.45, 2.75) is 38.9 Å². The number of benzene rings is 1. The first-order chi connectivity index (χ1) is 15.5. The number of hydrogen-bond donors (Lipinski definition) is 5. The molecule has 1 aliphatic carbocycles. The van der Waals surface area contributed by atoms with Crippen molar-refractivity contribution in [3.8, 4) is 11.8 Å². The third kappa shape index (κ3) is 4.86. The van der Waals surface area contributed by atoms with Crippen LogP contribution in [-0.4, -0.2) is 32.8 Å². The maximum absolute atomic E-state index is 10.1. The lowest BCUT2D eigenvalue weighted by molar-refractivity contribution is 0.181. The van der Waals surface area contributed by atoms with Gasteiger partial charge in [0.15, 0.2) is 0 Å². The van der Waals surface area contributed by atoms with Crippen molar-refractivity contribution in [3.05, 3.63) is 76.9 Å². The second kappa shape index (κ2) is 9.73. The van der Waals surface area contributed by atoms with Gasteiger partial charge in [-0.25, -0.2) is 0 Å². The number of aromatic amines is 1. The Labute approximate surface area is 188 Å². The molecule has 164 valence electrons. The van der Waals surface area contributed by atoms with E-state index in [0.29, 0.717) is 5.69 Å². The molecule has 0 amide bonds. The number of anilines is 3. The smallest absolute Gasteiger partial charge is 0.0868 e. The van der Waals surface area contributed by atoms with E-state index in [1.54, 1.807) is 13.1 Å². The van der Waals surface area contributed by atoms with Crippen LogP contribution in [0.2, 0.25) is 0 Å². The summed E-state index contributed by atoms with van der Waals surface area (Å²) in [5, 5.41) is 26.2. The second-order valence-electron chi connectivity index (χ2n) is 8.01. The minimum Gasteiger partial charge on any atom is -0.392 e. The zero-order chi connectivity index (χ0) is 22.5. The maximum Gasteiger partial charge on any atom is 0.0868 e. The minimum absolute atomic E-state index is 0.0791. The Morgan fingerprint density at radius 1 is 1.22 bits per heavy atom. The highest BCUT2D eigenvalue weighted by atomic mass is 16.3. The fourth-order valence-electron chi connectivity index (χ4n) is 3.93. The van der Waals surface area contributed by atoms with E-state index in [1.165, 1.54) is 5.56 Å². The quantitative estimate of drug-likeness (QED) is 0.348. The molecule has 3 aromatic rings. The summed E-state index contributed by atoms with van der Waals surface area (Å²) >= 11 is 0. The molecule has 0 saturated carbocycles. The maximum atomic E-state index is 10.1. The second-order valence-corrected chi connectivity index (χ2v) is 8.01. The lowest BCUT2D eigenvalue weighted by atomic mass is 9.96. The van der Waals surface area contributed by atoms with Crippen LogP contribution in [0.4, 0.5) is 17.1 Å². The first-order valence-electron chi connectivity index (χ1n) is 10.8. The van der Waals surface area contributed by atoms with E-state index in [9.17, 15) is 10.2 Å². The van der Waals surface area contributed by atoms with Crippen LogP contribution in [0.1, 0.15) is 40.9 Å². The van der Waals surface area contributed by atoms with Crippen molar-refractivity contribution in [1.82, 2.24) is 9.97 Å². The molecule has 1 aromatic carbocycles. The number of allylic oxidation sites excluding steroid dienone is 1. The predicted octanol–water partition coefficient (Wildman–Crippen LogP) is 4.10. The van der Waals surface area contributed by atoms with Gasteiger partial charge in [0.1, 0.15) is 0 Å². The van der Waals surface area contributed by atoms with E-state index in [0.717, 1.165) is 46.8 Å². The molecule has 0 fully saturated rings. The van der Waals surface area contributed by atoms with E-state index in [-0.39, 0.29) is 12.5 Å². The van der Waals surface area contributed by atoms with Gasteiger partial charge in [-0.05, 0) is 73.9 Å². The number of aromatic nitrogens is 2. The standard InChI is InChI=1S/C26H28N4O2/c1-17-13-20(30-21-10-12-27-22(14-21)16-31)7-8-25(17)28-11-9-19-15-29-26-23(18(2)32)5-3-4-6-24(19)26/h4,6-8,10,12-15,18,23,28-29,31-32H,9,11,16H2,1-2H3,(H,27,30). The fraction of sp³-hybridized carbons (Fsp3) is 0.269. The number of nitrogens with zero attached hydrogens (tertiary/aromatic N) is 1. The molecule has 6 heteroatoms. The van der Waals surface area contributed by atoms with Crippen molar-refractivity contribution in [3.63, 3.8) is 0 Å². The molecule has 0 radical (unpaired) electrons. The molecule has 1 aliphatic rings. The SMILES string of the molecule is Cc1cc(Nc2ccnc(CO)c2)ccc1NCCc1c[nH]c2c1C=CC#CC2C(C)O. The number of H-pyrrole nitrogens is 1. The molecule has 4 rings (SSSR count). The van der Waals surface area contributed by atoms with E-state index in [4.69, 9.17) is 0 Å². The third-order valence-corrected chi connectivity index (χ3v) is 5.61. The van der Waals surface area contributed by atoms with Crippen LogP contribution < -0.4 is 10.6 Å². The summed E-state index contributed by atoms with van der Waals surface area (Å²) in [7, 11) is 0. The first-order valence-corrected chi connectivity index (χ1v) is 10.8. The van der Waals surface area contributed by atoms with Crippen LogP contribution in [-0.2, 0) is 13.0 Å². The van der Waals surface area contributed by atoms with Crippen LogP contribution in [0.25, 0.3) is 6.08 Å². The largest absolute Gasteiger partial charge is 0.392 e. The first kappa shape index (κ1) is 21.7. The summed E-state index contributed by atoms with van der Waals surface area (Å²) in [6, 6.07) is 9.91. The summed E-state index contributed by atoms with van der Waals surface area (Å²) < 4.78 is 0. The monoisotopic (exact) mass is 428 g/mol. The minimum atomic E-state index is -0.525. The van der Waals surface area contributed by atoms with Gasteiger partial charge in [-0.3, -0.25) is 4.98 Å². The summed E-state index contributed by atoms with van der Waals surface area (Å²) in [6.07, 6.45) is 7.92. The van der Waals surface area contributed by atoms with Gasteiger partial charge in [0.05, 0.1) is 24.3 Å². The van der Waals surface area contributed by atoms with Crippen molar-refractivity contribution < 1.29 is 10.2 Å². The normalized spacial score (nSPS) is 15.3. The molecule has 2 atom stereocenters. The van der Waals surface area contributed by atoms with Gasteiger partial charge < -0.3 is 25.8 Å². The molecule has 0 aliphatic heterocycles. The Kier molecular flexibility index (Phi) is 6.60. The summed E-state index contributed by atoms with van der Waals surface area (Å²) in [4.78, 5) is 7.43. The Hall–Kier alpha value is -3.53. The van der Waals surface area contributed by atoms with Gasteiger partial charge in [0.25, 0.3) is 0 Å². The van der Waals surface area contributed by atoms with Crippen LogP contribution in [0.15, 0.2) is 48.8 Å². The fourth-order valence-corrected chi connectivity index (χ4v) is 3.93. The number of aliphatic hydroxyl groups is 2. The molecule has 5 N–H and O–H groups in total. The van der Waals surface area contributed by atoms with Gasteiger partial charge in [0.2, 0.25) is 0 Å². The van der Waals surface area contributed by atoms with Crippen molar-refractivity contribution in [2.24, 2.45) is 0 Å². The lowest BCUT2D eigenvalue weighted by Gasteiger charge is -2.14. The molecule has 32 heavy (non-hydrogen) atoms. The van der Waals surface area contributed by atoms with E-state index >= 15 is 0 Å². The number of aryl methyl sites for hydroxylation is 1. The molecule has 2 aromatic heterocycles. The summed E-state index contributed by atoms with van der Waals surface area (Å²) in [5.41, 5.74) is 8.04. The lowest BCUT2D eigenvalue weighted by Crippen LogP contribution is -2.14. The van der Waals surface area contributed by atoms with Gasteiger partial charge in [-0.1, -0.05) is 11.8 Å². The van der Waals surface area contributed by atoms with Crippen molar-refractivity contribution in [1.29, 1.82) is 0 Å². The Bertz CT molecular complexity index is 1180. The highest BCUT2D eigenvalue weighted by Crippen LogP contribution is 2.28. The van der Waals surface area contributed by atoms with E-state index in [1.807, 2.05) is 36.5 Å². The van der Waals surface area contributed by atoms with Gasteiger partial charge in [0, 0.05) is 47.3 Å². The Morgan fingerprint density at radius 2 is 2.06 bits per heavy atom. The van der Waals surface area contributed by atoms with Crippen LogP contribution in [0.5, 0.6) is 0 Å². The predicted molar refractivity (Wildman–Crippen MR) is 129 cm³/mol. The topological polar surface area (TPSA) is 93.2 Å². The van der Waals surface area contributed by atoms with E-state index < -0.39 is 6.10 Å². The number of pyridine rings is 1. The van der Waals surface area contributed by atoms with Gasteiger partial charge in [-0.2, -0.15) is 0 Å². The van der Waals surface area contributed by atoms with Gasteiger partial charge in [-0.15, -0.1) is 0 Å². The van der Waals surface area contributed by atoms with Crippen LogP contribution >= 0.6 is 0 Å². The number of fused-ring (bicyclic) bond motifs is 1. The van der Waals surface area contributed by atoms with Crippen LogP contribution in [0, 0.1) is 18.8 Å². The van der Waals surface area contributed by atoms with E-state index in [2.05, 4.69) is 51.5 Å². The zero-order valence-electron chi connectivity index (χ0n) is 18.3. The number of hydrogen-bond acceptors (Lipinski definition) is 5. The molecule has 2 heterocycles. The third-order valence-electron chi connectivity index (χ3n) is 5.61.